The normalized spacial score (nSPS) is 13.4. The maximum atomic E-state index is 8.97. The van der Waals surface area contributed by atoms with E-state index in [9.17, 15) is 0 Å². The van der Waals surface area contributed by atoms with E-state index in [1.54, 1.807) is 0 Å². The molecule has 0 aliphatic heterocycles. The maximum Gasteiger partial charge on any atom is 0.0967 e. The molecule has 0 saturated heterocycles. The molecule has 0 spiro atoms. The molecule has 0 bridgehead atoms. The molecule has 3 nitrogen and oxygen atoms in total. The molecule has 0 aromatic heterocycles. The van der Waals surface area contributed by atoms with E-state index in [4.69, 9.17) is 5.26 Å². The van der Waals surface area contributed by atoms with Crippen LogP contribution in [0.2, 0.25) is 0 Å². The van der Waals surface area contributed by atoms with Gasteiger partial charge in [0.2, 0.25) is 0 Å². The lowest BCUT2D eigenvalue weighted by molar-refractivity contribution is 0.295. The molecule has 0 aliphatic carbocycles. The van der Waals surface area contributed by atoms with Crippen molar-refractivity contribution >= 4 is 0 Å². The Morgan fingerprint density at radius 3 is 2.12 bits per heavy atom. The van der Waals surface area contributed by atoms with Crippen molar-refractivity contribution in [3.05, 3.63) is 0 Å². The average Bonchev–Trinajstić information content (AvgIpc) is 2.20. The highest BCUT2D eigenvalue weighted by molar-refractivity contribution is 4.90. The number of rotatable bonds is 8. The Kier molecular flexibility index (Phi) is 8.23. The van der Waals surface area contributed by atoms with Crippen molar-refractivity contribution in [2.75, 3.05) is 20.1 Å². The Labute approximate surface area is 101 Å². The summed E-state index contributed by atoms with van der Waals surface area (Å²) in [5, 5.41) is 12.2. The summed E-state index contributed by atoms with van der Waals surface area (Å²) in [4.78, 5) is 2.31. The number of nitrogens with one attached hydrogen (secondary N) is 1. The van der Waals surface area contributed by atoms with Crippen LogP contribution in [0.25, 0.3) is 0 Å². The predicted molar refractivity (Wildman–Crippen MR) is 69.2 cm³/mol. The molecule has 1 N–H and O–H groups in total. The van der Waals surface area contributed by atoms with Gasteiger partial charge in [0.15, 0.2) is 0 Å². The minimum absolute atomic E-state index is 0.0125. The lowest BCUT2D eigenvalue weighted by Crippen LogP contribution is -2.36. The van der Waals surface area contributed by atoms with Gasteiger partial charge >= 0.3 is 0 Å². The van der Waals surface area contributed by atoms with Gasteiger partial charge < -0.3 is 4.90 Å². The Hall–Kier alpha value is -0.590. The summed E-state index contributed by atoms with van der Waals surface area (Å²) in [6.45, 7) is 10.8. The van der Waals surface area contributed by atoms with Crippen LogP contribution in [0.4, 0.5) is 0 Å². The molecular weight excluding hydrogens is 198 g/mol. The van der Waals surface area contributed by atoms with E-state index in [0.29, 0.717) is 6.04 Å². The first-order valence-corrected chi connectivity index (χ1v) is 6.30. The summed E-state index contributed by atoms with van der Waals surface area (Å²) < 4.78 is 0. The van der Waals surface area contributed by atoms with Crippen molar-refractivity contribution in [3.8, 4) is 6.07 Å². The fourth-order valence-corrected chi connectivity index (χ4v) is 1.53. The average molecular weight is 225 g/mol. The molecular formula is C13H27N3. The Morgan fingerprint density at radius 2 is 1.69 bits per heavy atom. The summed E-state index contributed by atoms with van der Waals surface area (Å²) >= 11 is 0. The van der Waals surface area contributed by atoms with Gasteiger partial charge in [0.1, 0.15) is 0 Å². The van der Waals surface area contributed by atoms with Gasteiger partial charge in [0, 0.05) is 12.6 Å². The highest BCUT2D eigenvalue weighted by Crippen LogP contribution is 2.02. The lowest BCUT2D eigenvalue weighted by atomic mass is 10.1. The van der Waals surface area contributed by atoms with Gasteiger partial charge in [-0.15, -0.1) is 0 Å². The molecule has 16 heavy (non-hydrogen) atoms. The van der Waals surface area contributed by atoms with E-state index in [-0.39, 0.29) is 6.04 Å². The molecule has 0 fully saturated rings. The first-order chi connectivity index (χ1) is 7.45. The minimum atomic E-state index is -0.0125. The number of hydrogen-bond acceptors (Lipinski definition) is 3. The molecule has 0 amide bonds. The van der Waals surface area contributed by atoms with Gasteiger partial charge in [-0.1, -0.05) is 13.8 Å². The molecule has 3 heteroatoms. The van der Waals surface area contributed by atoms with Crippen molar-refractivity contribution in [2.24, 2.45) is 5.92 Å². The van der Waals surface area contributed by atoms with E-state index in [2.05, 4.69) is 51.0 Å². The molecule has 0 aromatic carbocycles. The second kappa shape index (κ2) is 8.55. The largest absolute Gasteiger partial charge is 0.306 e. The fourth-order valence-electron chi connectivity index (χ4n) is 1.53. The third-order valence-corrected chi connectivity index (χ3v) is 2.58. The molecule has 1 atom stereocenters. The van der Waals surface area contributed by atoms with E-state index in [0.717, 1.165) is 25.4 Å². The van der Waals surface area contributed by atoms with Crippen LogP contribution in [0.15, 0.2) is 0 Å². The van der Waals surface area contributed by atoms with Crippen molar-refractivity contribution in [1.29, 1.82) is 5.26 Å². The number of nitrogens with zero attached hydrogens (tertiary/aromatic N) is 2. The number of hydrogen-bond donors (Lipinski definition) is 1. The third kappa shape index (κ3) is 8.70. The summed E-state index contributed by atoms with van der Waals surface area (Å²) in [5.74, 6) is 0.753. The Balaban J connectivity index is 3.71. The molecule has 0 heterocycles. The van der Waals surface area contributed by atoms with Crippen LogP contribution >= 0.6 is 0 Å². The van der Waals surface area contributed by atoms with Gasteiger partial charge in [-0.05, 0) is 46.2 Å². The van der Waals surface area contributed by atoms with Crippen LogP contribution in [0.5, 0.6) is 0 Å². The topological polar surface area (TPSA) is 39.1 Å². The van der Waals surface area contributed by atoms with E-state index in [1.165, 1.54) is 6.42 Å². The van der Waals surface area contributed by atoms with E-state index >= 15 is 0 Å². The summed E-state index contributed by atoms with van der Waals surface area (Å²) in [7, 11) is 2.13. The first kappa shape index (κ1) is 15.4. The van der Waals surface area contributed by atoms with Crippen LogP contribution < -0.4 is 5.32 Å². The molecule has 94 valence electrons. The van der Waals surface area contributed by atoms with Crippen molar-refractivity contribution in [1.82, 2.24) is 10.2 Å². The van der Waals surface area contributed by atoms with Crippen LogP contribution in [0.1, 0.15) is 40.5 Å². The Morgan fingerprint density at radius 1 is 1.12 bits per heavy atom. The molecule has 1 unspecified atom stereocenters. The zero-order valence-corrected chi connectivity index (χ0v) is 11.5. The van der Waals surface area contributed by atoms with Gasteiger partial charge in [0.25, 0.3) is 0 Å². The minimum Gasteiger partial charge on any atom is -0.306 e. The van der Waals surface area contributed by atoms with Crippen molar-refractivity contribution in [3.63, 3.8) is 0 Å². The molecule has 0 saturated carbocycles. The zero-order chi connectivity index (χ0) is 12.6. The summed E-state index contributed by atoms with van der Waals surface area (Å²) in [6, 6.07) is 2.68. The lowest BCUT2D eigenvalue weighted by Gasteiger charge is -2.20. The molecule has 0 aliphatic rings. The summed E-state index contributed by atoms with van der Waals surface area (Å²) in [6.07, 6.45) is 2.13. The number of nitriles is 1. The standard InChI is InChI=1S/C13H27N3/c1-11(2)6-8-16(5)9-7-13(10-14)15-12(3)4/h11-13,15H,6-9H2,1-5H3. The highest BCUT2D eigenvalue weighted by Gasteiger charge is 2.09. The predicted octanol–water partition coefficient (Wildman–Crippen LogP) is 2.24. The Bertz CT molecular complexity index is 206. The maximum absolute atomic E-state index is 8.97. The highest BCUT2D eigenvalue weighted by atomic mass is 15.1. The van der Waals surface area contributed by atoms with Crippen molar-refractivity contribution in [2.45, 2.75) is 52.6 Å². The SMILES string of the molecule is CC(C)CCN(C)CCC(C#N)NC(C)C. The van der Waals surface area contributed by atoms with Crippen LogP contribution in [-0.4, -0.2) is 37.1 Å². The van der Waals surface area contributed by atoms with Gasteiger partial charge in [-0.2, -0.15) is 5.26 Å². The smallest absolute Gasteiger partial charge is 0.0967 e. The molecule has 0 aromatic rings. The monoisotopic (exact) mass is 225 g/mol. The quantitative estimate of drug-likeness (QED) is 0.688. The van der Waals surface area contributed by atoms with Crippen LogP contribution in [0.3, 0.4) is 0 Å². The second-order valence-corrected chi connectivity index (χ2v) is 5.28. The fraction of sp³-hybridized carbons (Fsp3) is 0.923. The van der Waals surface area contributed by atoms with Gasteiger partial charge in [-0.3, -0.25) is 5.32 Å². The van der Waals surface area contributed by atoms with E-state index < -0.39 is 0 Å². The third-order valence-electron chi connectivity index (χ3n) is 2.58. The first-order valence-electron chi connectivity index (χ1n) is 6.30. The van der Waals surface area contributed by atoms with E-state index in [1.807, 2.05) is 0 Å². The van der Waals surface area contributed by atoms with Gasteiger partial charge in [0.05, 0.1) is 12.1 Å². The molecule has 0 rings (SSSR count). The van der Waals surface area contributed by atoms with Crippen molar-refractivity contribution < 1.29 is 0 Å². The zero-order valence-electron chi connectivity index (χ0n) is 11.5. The molecule has 0 radical (unpaired) electrons. The summed E-state index contributed by atoms with van der Waals surface area (Å²) in [5.41, 5.74) is 0. The van der Waals surface area contributed by atoms with Crippen LogP contribution in [-0.2, 0) is 0 Å². The van der Waals surface area contributed by atoms with Crippen LogP contribution in [0, 0.1) is 17.2 Å². The van der Waals surface area contributed by atoms with Gasteiger partial charge in [-0.25, -0.2) is 0 Å². The second-order valence-electron chi connectivity index (χ2n) is 5.28.